The second-order valence-corrected chi connectivity index (χ2v) is 4.62. The van der Waals surface area contributed by atoms with E-state index >= 15 is 0 Å². The highest BCUT2D eigenvalue weighted by Gasteiger charge is 2.32. The molecule has 0 saturated carbocycles. The predicted octanol–water partition coefficient (Wildman–Crippen LogP) is 0.564. The van der Waals surface area contributed by atoms with Crippen LogP contribution in [0.5, 0.6) is 0 Å². The highest BCUT2D eigenvalue weighted by atomic mass is 16.5. The highest BCUT2D eigenvalue weighted by Crippen LogP contribution is 2.27. The van der Waals surface area contributed by atoms with E-state index in [2.05, 4.69) is 24.1 Å². The van der Waals surface area contributed by atoms with E-state index in [-0.39, 0.29) is 0 Å². The zero-order valence-corrected chi connectivity index (χ0v) is 9.10. The summed E-state index contributed by atoms with van der Waals surface area (Å²) in [6, 6.07) is 0. The Kier molecular flexibility index (Phi) is 4.16. The molecule has 1 saturated heterocycles. The van der Waals surface area contributed by atoms with Crippen molar-refractivity contribution >= 4 is 0 Å². The van der Waals surface area contributed by atoms with Crippen molar-refractivity contribution in [1.29, 1.82) is 0 Å². The molecule has 3 nitrogen and oxygen atoms in total. The molecule has 0 spiro atoms. The van der Waals surface area contributed by atoms with Crippen LogP contribution in [0.2, 0.25) is 0 Å². The Hall–Kier alpha value is -0.120. The first-order chi connectivity index (χ1) is 6.14. The van der Waals surface area contributed by atoms with Crippen molar-refractivity contribution in [2.24, 2.45) is 5.41 Å². The van der Waals surface area contributed by atoms with Crippen molar-refractivity contribution in [3.8, 4) is 0 Å². The number of hydrogen-bond donors (Lipinski definition) is 1. The molecule has 13 heavy (non-hydrogen) atoms. The van der Waals surface area contributed by atoms with Gasteiger partial charge in [0.25, 0.3) is 0 Å². The van der Waals surface area contributed by atoms with Crippen molar-refractivity contribution in [2.45, 2.75) is 13.8 Å². The minimum absolute atomic E-state index is 0.562. The van der Waals surface area contributed by atoms with Gasteiger partial charge in [-0.05, 0) is 5.41 Å². The third kappa shape index (κ3) is 4.07. The summed E-state index contributed by atoms with van der Waals surface area (Å²) in [4.78, 5) is 2.49. The molecule has 1 aliphatic heterocycles. The molecule has 1 fully saturated rings. The zero-order chi connectivity index (χ0) is 9.73. The summed E-state index contributed by atoms with van der Waals surface area (Å²) in [6.45, 7) is 11.2. The topological polar surface area (TPSA) is 24.5 Å². The molecule has 0 bridgehead atoms. The summed E-state index contributed by atoms with van der Waals surface area (Å²) in [6.07, 6.45) is 0. The van der Waals surface area contributed by atoms with E-state index < -0.39 is 0 Å². The van der Waals surface area contributed by atoms with E-state index in [9.17, 15) is 0 Å². The van der Waals surface area contributed by atoms with Gasteiger partial charge in [-0.2, -0.15) is 0 Å². The maximum Gasteiger partial charge on any atom is 0.0587 e. The van der Waals surface area contributed by atoms with Gasteiger partial charge in [0.05, 0.1) is 6.61 Å². The average molecular weight is 186 g/mol. The molecular weight excluding hydrogens is 164 g/mol. The van der Waals surface area contributed by atoms with Gasteiger partial charge in [-0.25, -0.2) is 0 Å². The lowest BCUT2D eigenvalue weighted by Crippen LogP contribution is -2.54. The Morgan fingerprint density at radius 3 is 2.54 bits per heavy atom. The van der Waals surface area contributed by atoms with Crippen molar-refractivity contribution < 1.29 is 4.74 Å². The van der Waals surface area contributed by atoms with Gasteiger partial charge in [0.2, 0.25) is 0 Å². The van der Waals surface area contributed by atoms with Gasteiger partial charge in [-0.15, -0.1) is 0 Å². The van der Waals surface area contributed by atoms with E-state index in [0.717, 1.165) is 19.7 Å². The molecule has 3 heteroatoms. The maximum absolute atomic E-state index is 4.95. The molecule has 78 valence electrons. The van der Waals surface area contributed by atoms with Crippen LogP contribution in [0.15, 0.2) is 0 Å². The van der Waals surface area contributed by atoms with Crippen molar-refractivity contribution in [1.82, 2.24) is 10.2 Å². The Labute approximate surface area is 81.4 Å². The first-order valence-corrected chi connectivity index (χ1v) is 5.06. The van der Waals surface area contributed by atoms with Gasteiger partial charge in [0.15, 0.2) is 0 Å². The molecule has 1 N–H and O–H groups in total. The number of rotatable bonds is 6. The predicted molar refractivity (Wildman–Crippen MR) is 55.0 cm³/mol. The van der Waals surface area contributed by atoms with Gasteiger partial charge in [-0.3, -0.25) is 0 Å². The van der Waals surface area contributed by atoms with Crippen LogP contribution in [0.1, 0.15) is 13.8 Å². The van der Waals surface area contributed by atoms with Crippen molar-refractivity contribution in [3.05, 3.63) is 0 Å². The average Bonchev–Trinajstić information content (AvgIpc) is 2.00. The standard InChI is InChI=1S/C10H22N2O/c1-10(2)8-12(9-10)6-4-11-5-7-13-3/h11H,4-9H2,1-3H3. The Morgan fingerprint density at radius 2 is 2.00 bits per heavy atom. The SMILES string of the molecule is COCCNCCN1CC(C)(C)C1. The lowest BCUT2D eigenvalue weighted by atomic mass is 9.84. The van der Waals surface area contributed by atoms with E-state index in [4.69, 9.17) is 4.74 Å². The molecule has 0 aromatic carbocycles. The molecule has 0 aromatic rings. The molecule has 0 amide bonds. The summed E-state index contributed by atoms with van der Waals surface area (Å²) in [5.41, 5.74) is 0.562. The number of likely N-dealkylation sites (tertiary alicyclic amines) is 1. The van der Waals surface area contributed by atoms with Crippen LogP contribution >= 0.6 is 0 Å². The molecule has 0 atom stereocenters. The minimum Gasteiger partial charge on any atom is -0.383 e. The van der Waals surface area contributed by atoms with Crippen molar-refractivity contribution in [3.63, 3.8) is 0 Å². The molecule has 1 heterocycles. The third-order valence-corrected chi connectivity index (χ3v) is 2.39. The molecule has 1 aliphatic rings. The van der Waals surface area contributed by atoms with E-state index in [1.165, 1.54) is 19.6 Å². The fourth-order valence-corrected chi connectivity index (χ4v) is 1.86. The summed E-state index contributed by atoms with van der Waals surface area (Å²) in [7, 11) is 1.74. The second-order valence-electron chi connectivity index (χ2n) is 4.62. The summed E-state index contributed by atoms with van der Waals surface area (Å²) < 4.78 is 4.95. The van der Waals surface area contributed by atoms with Gasteiger partial charge in [0.1, 0.15) is 0 Å². The van der Waals surface area contributed by atoms with Crippen molar-refractivity contribution in [2.75, 3.05) is 46.4 Å². The zero-order valence-electron chi connectivity index (χ0n) is 9.10. The van der Waals surface area contributed by atoms with Gasteiger partial charge < -0.3 is 15.0 Å². The first kappa shape index (κ1) is 11.0. The van der Waals surface area contributed by atoms with E-state index in [0.29, 0.717) is 5.41 Å². The second kappa shape index (κ2) is 4.94. The van der Waals surface area contributed by atoms with Crippen LogP contribution in [-0.4, -0.2) is 51.3 Å². The van der Waals surface area contributed by atoms with E-state index in [1.54, 1.807) is 7.11 Å². The summed E-state index contributed by atoms with van der Waals surface area (Å²) in [5, 5.41) is 3.35. The largest absolute Gasteiger partial charge is 0.383 e. The van der Waals surface area contributed by atoms with Gasteiger partial charge in [-0.1, -0.05) is 13.8 Å². The van der Waals surface area contributed by atoms with Crippen LogP contribution in [0.25, 0.3) is 0 Å². The number of ether oxygens (including phenoxy) is 1. The third-order valence-electron chi connectivity index (χ3n) is 2.39. The molecule has 0 unspecified atom stereocenters. The fourth-order valence-electron chi connectivity index (χ4n) is 1.86. The monoisotopic (exact) mass is 186 g/mol. The molecule has 0 radical (unpaired) electrons. The van der Waals surface area contributed by atoms with Crippen LogP contribution in [0.3, 0.4) is 0 Å². The summed E-state index contributed by atoms with van der Waals surface area (Å²) in [5.74, 6) is 0. The number of nitrogens with zero attached hydrogens (tertiary/aromatic N) is 1. The number of nitrogens with one attached hydrogen (secondary N) is 1. The Balaban J connectivity index is 1.85. The lowest BCUT2D eigenvalue weighted by molar-refractivity contribution is 0.0322. The minimum atomic E-state index is 0.562. The number of hydrogen-bond acceptors (Lipinski definition) is 3. The summed E-state index contributed by atoms with van der Waals surface area (Å²) >= 11 is 0. The maximum atomic E-state index is 4.95. The number of methoxy groups -OCH3 is 1. The van der Waals surface area contributed by atoms with Crippen LogP contribution in [0, 0.1) is 5.41 Å². The van der Waals surface area contributed by atoms with Crippen LogP contribution < -0.4 is 5.32 Å². The quantitative estimate of drug-likeness (QED) is 0.614. The molecule has 0 aromatic heterocycles. The Bertz CT molecular complexity index is 140. The van der Waals surface area contributed by atoms with E-state index in [1.807, 2.05) is 0 Å². The highest BCUT2D eigenvalue weighted by molar-refractivity contribution is 4.87. The molecule has 1 rings (SSSR count). The first-order valence-electron chi connectivity index (χ1n) is 5.06. The normalized spacial score (nSPS) is 21.5. The molecule has 0 aliphatic carbocycles. The van der Waals surface area contributed by atoms with Crippen LogP contribution in [0.4, 0.5) is 0 Å². The fraction of sp³-hybridized carbons (Fsp3) is 1.00. The van der Waals surface area contributed by atoms with Gasteiger partial charge >= 0.3 is 0 Å². The Morgan fingerprint density at radius 1 is 1.31 bits per heavy atom. The van der Waals surface area contributed by atoms with Crippen LogP contribution in [-0.2, 0) is 4.74 Å². The smallest absolute Gasteiger partial charge is 0.0587 e. The molecular formula is C10H22N2O. The lowest BCUT2D eigenvalue weighted by Gasteiger charge is -2.46. The van der Waals surface area contributed by atoms with Gasteiger partial charge in [0, 0.05) is 39.8 Å².